The van der Waals surface area contributed by atoms with Crippen LogP contribution >= 0.6 is 0 Å². The van der Waals surface area contributed by atoms with Crippen molar-refractivity contribution < 1.29 is 9.84 Å². The second-order valence-corrected chi connectivity index (χ2v) is 2.46. The molecule has 0 aliphatic rings. The SMILES string of the molecule is OC[CH]OCCc1ccccc1. The summed E-state index contributed by atoms with van der Waals surface area (Å²) in [5.74, 6) is 0. The van der Waals surface area contributed by atoms with Gasteiger partial charge < -0.3 is 9.84 Å². The zero-order valence-electron chi connectivity index (χ0n) is 6.94. The van der Waals surface area contributed by atoms with Gasteiger partial charge in [-0.15, -0.1) is 0 Å². The van der Waals surface area contributed by atoms with Crippen LogP contribution < -0.4 is 0 Å². The lowest BCUT2D eigenvalue weighted by atomic mass is 10.2. The summed E-state index contributed by atoms with van der Waals surface area (Å²) in [6, 6.07) is 10.1. The summed E-state index contributed by atoms with van der Waals surface area (Å²) in [6.07, 6.45) is 0.886. The van der Waals surface area contributed by atoms with E-state index in [-0.39, 0.29) is 6.61 Å². The van der Waals surface area contributed by atoms with Gasteiger partial charge in [0.05, 0.1) is 13.2 Å². The lowest BCUT2D eigenvalue weighted by molar-refractivity contribution is 0.153. The van der Waals surface area contributed by atoms with Crippen LogP contribution in [-0.4, -0.2) is 18.3 Å². The lowest BCUT2D eigenvalue weighted by Crippen LogP contribution is -1.98. The fraction of sp³-hybridized carbons (Fsp3) is 0.300. The average Bonchev–Trinajstić information content (AvgIpc) is 2.14. The minimum atomic E-state index is -0.0191. The number of rotatable bonds is 5. The summed E-state index contributed by atoms with van der Waals surface area (Å²) in [4.78, 5) is 0. The minimum absolute atomic E-state index is 0.0191. The van der Waals surface area contributed by atoms with Gasteiger partial charge in [0.15, 0.2) is 0 Å². The van der Waals surface area contributed by atoms with Gasteiger partial charge in [0, 0.05) is 0 Å². The van der Waals surface area contributed by atoms with E-state index in [4.69, 9.17) is 9.84 Å². The maximum atomic E-state index is 8.38. The average molecular weight is 165 g/mol. The summed E-state index contributed by atoms with van der Waals surface area (Å²) in [5.41, 5.74) is 1.25. The molecular formula is C10H13O2. The molecule has 2 heteroatoms. The number of hydrogen-bond donors (Lipinski definition) is 1. The van der Waals surface area contributed by atoms with Crippen molar-refractivity contribution in [2.45, 2.75) is 6.42 Å². The molecule has 1 aromatic rings. The lowest BCUT2D eigenvalue weighted by Gasteiger charge is -2.00. The molecule has 0 aliphatic carbocycles. The second-order valence-electron chi connectivity index (χ2n) is 2.46. The molecule has 2 nitrogen and oxygen atoms in total. The molecule has 0 bridgehead atoms. The molecule has 0 aromatic heterocycles. The Morgan fingerprint density at radius 3 is 2.67 bits per heavy atom. The Bertz CT molecular complexity index is 196. The van der Waals surface area contributed by atoms with E-state index in [2.05, 4.69) is 12.1 Å². The first-order valence-electron chi connectivity index (χ1n) is 4.01. The van der Waals surface area contributed by atoms with Crippen molar-refractivity contribution >= 4 is 0 Å². The molecule has 1 N–H and O–H groups in total. The quantitative estimate of drug-likeness (QED) is 0.668. The Balaban J connectivity index is 2.16. The van der Waals surface area contributed by atoms with Gasteiger partial charge >= 0.3 is 0 Å². The van der Waals surface area contributed by atoms with Gasteiger partial charge in [0.1, 0.15) is 6.61 Å². The zero-order chi connectivity index (χ0) is 8.65. The van der Waals surface area contributed by atoms with Crippen molar-refractivity contribution in [1.82, 2.24) is 0 Å². The molecule has 65 valence electrons. The number of hydrogen-bond acceptors (Lipinski definition) is 2. The molecule has 0 spiro atoms. The fourth-order valence-electron chi connectivity index (χ4n) is 0.957. The van der Waals surface area contributed by atoms with Crippen LogP contribution in [0.4, 0.5) is 0 Å². The van der Waals surface area contributed by atoms with E-state index < -0.39 is 0 Å². The highest BCUT2D eigenvalue weighted by atomic mass is 16.5. The molecule has 0 amide bonds. The van der Waals surface area contributed by atoms with Crippen molar-refractivity contribution in [2.24, 2.45) is 0 Å². The van der Waals surface area contributed by atoms with E-state index in [0.717, 1.165) is 6.42 Å². The molecule has 0 aliphatic heterocycles. The minimum Gasteiger partial charge on any atom is -0.394 e. The topological polar surface area (TPSA) is 29.5 Å². The van der Waals surface area contributed by atoms with Crippen molar-refractivity contribution in [3.05, 3.63) is 42.5 Å². The van der Waals surface area contributed by atoms with Crippen LogP contribution in [0.25, 0.3) is 0 Å². The molecule has 0 saturated heterocycles. The van der Waals surface area contributed by atoms with Crippen molar-refractivity contribution in [2.75, 3.05) is 13.2 Å². The van der Waals surface area contributed by atoms with Crippen LogP contribution in [0.15, 0.2) is 30.3 Å². The Morgan fingerprint density at radius 2 is 2.00 bits per heavy atom. The number of ether oxygens (including phenoxy) is 1. The molecule has 0 unspecified atom stereocenters. The maximum Gasteiger partial charge on any atom is 0.109 e. The van der Waals surface area contributed by atoms with Gasteiger partial charge in [-0.05, 0) is 12.0 Å². The van der Waals surface area contributed by atoms with Gasteiger partial charge in [0.2, 0.25) is 0 Å². The van der Waals surface area contributed by atoms with Crippen LogP contribution in [0, 0.1) is 6.61 Å². The third-order valence-corrected chi connectivity index (χ3v) is 1.54. The largest absolute Gasteiger partial charge is 0.394 e. The van der Waals surface area contributed by atoms with Gasteiger partial charge in [-0.3, -0.25) is 0 Å². The van der Waals surface area contributed by atoms with Gasteiger partial charge in [-0.2, -0.15) is 0 Å². The van der Waals surface area contributed by atoms with E-state index >= 15 is 0 Å². The van der Waals surface area contributed by atoms with Crippen LogP contribution in [0.5, 0.6) is 0 Å². The second kappa shape index (κ2) is 5.75. The molecule has 1 radical (unpaired) electrons. The van der Waals surface area contributed by atoms with Gasteiger partial charge in [-0.25, -0.2) is 0 Å². The van der Waals surface area contributed by atoms with Crippen molar-refractivity contribution in [3.63, 3.8) is 0 Å². The number of aliphatic hydroxyl groups is 1. The molecule has 1 aromatic carbocycles. The van der Waals surface area contributed by atoms with Crippen LogP contribution in [-0.2, 0) is 11.2 Å². The van der Waals surface area contributed by atoms with E-state index in [1.54, 1.807) is 0 Å². The summed E-state index contributed by atoms with van der Waals surface area (Å²) < 4.78 is 5.01. The number of aliphatic hydroxyl groups excluding tert-OH is 1. The van der Waals surface area contributed by atoms with Crippen molar-refractivity contribution in [1.29, 1.82) is 0 Å². The Kier molecular flexibility index (Phi) is 4.42. The van der Waals surface area contributed by atoms with Crippen LogP contribution in [0.2, 0.25) is 0 Å². The molecule has 0 fully saturated rings. The third kappa shape index (κ3) is 3.51. The molecule has 0 heterocycles. The highest BCUT2D eigenvalue weighted by molar-refractivity contribution is 5.14. The molecule has 1 rings (SSSR count). The van der Waals surface area contributed by atoms with Crippen molar-refractivity contribution in [3.8, 4) is 0 Å². The molecule has 12 heavy (non-hydrogen) atoms. The molecule has 0 atom stereocenters. The highest BCUT2D eigenvalue weighted by Crippen LogP contribution is 1.99. The maximum absolute atomic E-state index is 8.38. The fourth-order valence-corrected chi connectivity index (χ4v) is 0.957. The first-order chi connectivity index (χ1) is 5.93. The first-order valence-corrected chi connectivity index (χ1v) is 4.01. The predicted molar refractivity (Wildman–Crippen MR) is 47.5 cm³/mol. The highest BCUT2D eigenvalue weighted by Gasteiger charge is 1.90. The molecular weight excluding hydrogens is 152 g/mol. The van der Waals surface area contributed by atoms with Crippen LogP contribution in [0.3, 0.4) is 0 Å². The standard InChI is InChI=1S/C10H13O2/c11-7-9-12-8-6-10-4-2-1-3-5-10/h1-5,9,11H,6-8H2. The van der Waals surface area contributed by atoms with Crippen LogP contribution in [0.1, 0.15) is 5.56 Å². The smallest absolute Gasteiger partial charge is 0.109 e. The Hall–Kier alpha value is -0.860. The van der Waals surface area contributed by atoms with E-state index in [0.29, 0.717) is 6.61 Å². The Morgan fingerprint density at radius 1 is 1.25 bits per heavy atom. The number of benzene rings is 1. The van der Waals surface area contributed by atoms with E-state index in [9.17, 15) is 0 Å². The summed E-state index contributed by atoms with van der Waals surface area (Å²) in [5, 5.41) is 8.38. The predicted octanol–water partition coefficient (Wildman–Crippen LogP) is 1.40. The monoisotopic (exact) mass is 165 g/mol. The Labute approximate surface area is 72.8 Å². The zero-order valence-corrected chi connectivity index (χ0v) is 6.94. The van der Waals surface area contributed by atoms with E-state index in [1.165, 1.54) is 12.2 Å². The third-order valence-electron chi connectivity index (χ3n) is 1.54. The summed E-state index contributed by atoms with van der Waals surface area (Å²) in [6.45, 7) is 2.02. The first kappa shape index (κ1) is 9.23. The van der Waals surface area contributed by atoms with Gasteiger partial charge in [0.25, 0.3) is 0 Å². The van der Waals surface area contributed by atoms with E-state index in [1.807, 2.05) is 18.2 Å². The summed E-state index contributed by atoms with van der Waals surface area (Å²) >= 11 is 0. The van der Waals surface area contributed by atoms with Gasteiger partial charge in [-0.1, -0.05) is 30.3 Å². The molecule has 0 saturated carbocycles. The summed E-state index contributed by atoms with van der Waals surface area (Å²) in [7, 11) is 0. The normalized spacial score (nSPS) is 10.1.